The Labute approximate surface area is 359 Å². The van der Waals surface area contributed by atoms with E-state index in [4.69, 9.17) is 9.47 Å². The molecule has 2 aliphatic heterocycles. The van der Waals surface area contributed by atoms with Crippen molar-refractivity contribution in [2.45, 2.75) is 50.2 Å². The number of aryl methyl sites for hydroxylation is 3. The molecule has 1 saturated carbocycles. The number of hydrogen-bond donors (Lipinski definition) is 2. The molecule has 5 aromatic carbocycles. The number of carbonyl (C=O) groups excluding carboxylic acids is 2. The van der Waals surface area contributed by atoms with Gasteiger partial charge in [0.1, 0.15) is 11.4 Å². The van der Waals surface area contributed by atoms with E-state index >= 15 is 9.59 Å². The Hall–Kier alpha value is -7.68. The van der Waals surface area contributed by atoms with E-state index in [1.807, 2.05) is 79.7 Å². The molecule has 3 aliphatic rings. The molecule has 1 saturated heterocycles. The number of amides is 2. The van der Waals surface area contributed by atoms with E-state index in [0.717, 1.165) is 20.5 Å². The average molecular weight is 846 g/mol. The molecule has 0 unspecified atom stereocenters. The summed E-state index contributed by atoms with van der Waals surface area (Å²) in [4.78, 5) is 78.1. The Morgan fingerprint density at radius 2 is 1.57 bits per heavy atom. The van der Waals surface area contributed by atoms with Gasteiger partial charge < -0.3 is 19.1 Å². The lowest BCUT2D eigenvalue weighted by molar-refractivity contribution is -0.138. The van der Waals surface area contributed by atoms with Crippen LogP contribution in [0.5, 0.6) is 17.2 Å². The quantitative estimate of drug-likeness (QED) is 0.147. The molecule has 2 N–H and O–H groups in total. The zero-order valence-electron chi connectivity index (χ0n) is 34.9. The number of nitrogens with zero attached hydrogens (tertiary/aromatic N) is 6. The first-order chi connectivity index (χ1) is 30.5. The summed E-state index contributed by atoms with van der Waals surface area (Å²) in [5.41, 5.74) is 4.16. The third-order valence-electron chi connectivity index (χ3n) is 13.2. The van der Waals surface area contributed by atoms with Gasteiger partial charge in [0, 0.05) is 43.6 Å². The maximum absolute atomic E-state index is 15.6. The van der Waals surface area contributed by atoms with Gasteiger partial charge >= 0.3 is 11.4 Å². The number of ether oxygens (including phenoxy) is 2. The van der Waals surface area contributed by atoms with Gasteiger partial charge in [0.25, 0.3) is 17.4 Å². The Morgan fingerprint density at radius 3 is 2.32 bits per heavy atom. The molecule has 318 valence electrons. The van der Waals surface area contributed by atoms with Gasteiger partial charge in [-0.3, -0.25) is 19.8 Å². The number of benzene rings is 5. The predicted molar refractivity (Wildman–Crippen MR) is 235 cm³/mol. The zero-order chi connectivity index (χ0) is 43.9. The van der Waals surface area contributed by atoms with Gasteiger partial charge in [0.15, 0.2) is 11.5 Å². The number of allylic oxidation sites excluding steroid dienone is 2. The molecule has 2 fully saturated rings. The minimum atomic E-state index is -1.59. The third kappa shape index (κ3) is 5.79. The highest BCUT2D eigenvalue weighted by atomic mass is 16.5. The SMILES string of the molecule is COc1cc2nc(CCn3c(=O)n4n(c3=O)[C@@H]3C[C@H]5C(=O)N(Nc6ccc(C)cc6)C(=O)[C@@]5(c5ccccc5)[C@@H](c5c(O)ccc6ccccc56)C3=CC4)c(=O)n(C)c2cc1OC. The Kier molecular flexibility index (Phi) is 9.24. The highest BCUT2D eigenvalue weighted by Crippen LogP contribution is 2.63. The van der Waals surface area contributed by atoms with Gasteiger partial charge in [0.2, 0.25) is 0 Å². The molecule has 15 heteroatoms. The van der Waals surface area contributed by atoms with Crippen molar-refractivity contribution in [1.82, 2.24) is 28.5 Å². The number of rotatable bonds is 9. The van der Waals surface area contributed by atoms with Crippen LogP contribution in [0, 0.1) is 12.8 Å². The van der Waals surface area contributed by atoms with Gasteiger partial charge in [-0.15, -0.1) is 0 Å². The minimum absolute atomic E-state index is 0.0131. The standard InChI is InChI=1S/C48H43N7O8/c1-27-14-17-30(18-15-27)50-54-43(57)33-24-36-32(42(48(33,45(54)59)29-11-6-5-7-12-29)41-31-13-9-8-10-28(31)16-19-38(41)56)20-23-53-46(60)52(47(61)55(36)53)22-21-34-44(58)51(2)37-26-40(63-4)39(62-3)25-35(37)49-34/h5-20,25-26,33,36,42,50,56H,21-24H2,1-4H3/t33-,36+,42+,48+/m0/s1. The molecule has 10 rings (SSSR count). The number of carbonyl (C=O) groups is 2. The van der Waals surface area contributed by atoms with E-state index in [0.29, 0.717) is 50.3 Å². The van der Waals surface area contributed by atoms with Crippen molar-refractivity contribution in [2.75, 3.05) is 19.6 Å². The topological polar surface area (TPSA) is 172 Å². The lowest BCUT2D eigenvalue weighted by Gasteiger charge is -2.49. The molecule has 2 amide bonds. The fourth-order valence-corrected chi connectivity index (χ4v) is 10.2. The van der Waals surface area contributed by atoms with E-state index in [1.165, 1.54) is 28.2 Å². The Balaban J connectivity index is 1.13. The first kappa shape index (κ1) is 39.5. The van der Waals surface area contributed by atoms with Gasteiger partial charge in [-0.1, -0.05) is 84.4 Å². The lowest BCUT2D eigenvalue weighted by atomic mass is 9.53. The number of phenols is 1. The summed E-state index contributed by atoms with van der Waals surface area (Å²) in [6.07, 6.45) is 1.81. The number of phenolic OH excluding ortho intramolecular Hbond substituents is 1. The van der Waals surface area contributed by atoms with E-state index in [1.54, 1.807) is 43.4 Å². The molecule has 0 bridgehead atoms. The fraction of sp³-hybridized carbons (Fsp3) is 0.250. The van der Waals surface area contributed by atoms with Crippen LogP contribution in [-0.4, -0.2) is 59.6 Å². The van der Waals surface area contributed by atoms with Crippen LogP contribution >= 0.6 is 0 Å². The van der Waals surface area contributed by atoms with Gasteiger partial charge in [0.05, 0.1) is 54.9 Å². The molecule has 2 aromatic heterocycles. The molecule has 1 aliphatic carbocycles. The molecule has 15 nitrogen and oxygen atoms in total. The lowest BCUT2D eigenvalue weighted by Crippen LogP contribution is -2.53. The number of imide groups is 1. The predicted octanol–water partition coefficient (Wildman–Crippen LogP) is 5.10. The van der Waals surface area contributed by atoms with E-state index < -0.39 is 52.0 Å². The summed E-state index contributed by atoms with van der Waals surface area (Å²) in [6.45, 7) is 1.75. The van der Waals surface area contributed by atoms with Crippen molar-refractivity contribution >= 4 is 39.3 Å². The highest BCUT2D eigenvalue weighted by molar-refractivity contribution is 6.13. The second-order valence-corrected chi connectivity index (χ2v) is 16.4. The van der Waals surface area contributed by atoms with Crippen LogP contribution in [0.4, 0.5) is 5.69 Å². The monoisotopic (exact) mass is 845 g/mol. The van der Waals surface area contributed by atoms with Crippen LogP contribution in [0.1, 0.15) is 40.8 Å². The summed E-state index contributed by atoms with van der Waals surface area (Å²) in [6, 6.07) is 29.9. The van der Waals surface area contributed by atoms with E-state index in [2.05, 4.69) is 10.4 Å². The molecule has 4 heterocycles. The average Bonchev–Trinajstić information content (AvgIpc) is 3.67. The van der Waals surface area contributed by atoms with Gasteiger partial charge in [-0.2, -0.15) is 5.01 Å². The van der Waals surface area contributed by atoms with Gasteiger partial charge in [-0.25, -0.2) is 28.5 Å². The Bertz CT molecular complexity index is 3260. The maximum Gasteiger partial charge on any atom is 0.347 e. The van der Waals surface area contributed by atoms with Crippen LogP contribution in [0.2, 0.25) is 0 Å². The number of methoxy groups -OCH3 is 2. The summed E-state index contributed by atoms with van der Waals surface area (Å²) in [5.74, 6) is -2.27. The number of hydrogen-bond acceptors (Lipinski definition) is 10. The van der Waals surface area contributed by atoms with Crippen LogP contribution in [-0.2, 0) is 41.6 Å². The number of aromatic hydroxyl groups is 1. The van der Waals surface area contributed by atoms with Crippen LogP contribution in [0.3, 0.4) is 0 Å². The third-order valence-corrected chi connectivity index (χ3v) is 13.2. The molecule has 0 spiro atoms. The second-order valence-electron chi connectivity index (χ2n) is 16.4. The van der Waals surface area contributed by atoms with Crippen LogP contribution in [0.25, 0.3) is 21.8 Å². The van der Waals surface area contributed by atoms with Crippen molar-refractivity contribution in [1.29, 1.82) is 0 Å². The number of fused-ring (bicyclic) bond motifs is 6. The minimum Gasteiger partial charge on any atom is -0.508 e. The van der Waals surface area contributed by atoms with E-state index in [-0.39, 0.29) is 37.4 Å². The fourth-order valence-electron chi connectivity index (χ4n) is 10.2. The second kappa shape index (κ2) is 14.8. The highest BCUT2D eigenvalue weighted by Gasteiger charge is 2.69. The van der Waals surface area contributed by atoms with Crippen molar-refractivity contribution in [3.05, 3.63) is 168 Å². The molecule has 63 heavy (non-hydrogen) atoms. The molecular formula is C48H43N7O8. The summed E-state index contributed by atoms with van der Waals surface area (Å²) in [5, 5.41) is 14.6. The van der Waals surface area contributed by atoms with E-state index in [9.17, 15) is 19.5 Å². The van der Waals surface area contributed by atoms with Crippen LogP contribution in [0.15, 0.2) is 129 Å². The first-order valence-electron chi connectivity index (χ1n) is 20.7. The first-order valence-corrected chi connectivity index (χ1v) is 20.7. The summed E-state index contributed by atoms with van der Waals surface area (Å²) in [7, 11) is 4.61. The molecule has 4 atom stereocenters. The molecule has 7 aromatic rings. The maximum atomic E-state index is 15.6. The summed E-state index contributed by atoms with van der Waals surface area (Å²) >= 11 is 0. The van der Waals surface area contributed by atoms with Gasteiger partial charge in [-0.05, 0) is 53.5 Å². The van der Waals surface area contributed by atoms with Crippen LogP contribution < -0.4 is 31.8 Å². The van der Waals surface area contributed by atoms with Crippen molar-refractivity contribution < 1.29 is 24.2 Å². The Morgan fingerprint density at radius 1 is 0.857 bits per heavy atom. The smallest absolute Gasteiger partial charge is 0.347 e. The molecular weight excluding hydrogens is 803 g/mol. The van der Waals surface area contributed by atoms with Crippen molar-refractivity contribution in [3.8, 4) is 17.2 Å². The largest absolute Gasteiger partial charge is 0.508 e. The number of hydrazine groups is 1. The summed E-state index contributed by atoms with van der Waals surface area (Å²) < 4.78 is 16.2. The number of anilines is 1. The molecule has 0 radical (unpaired) electrons. The number of nitrogens with one attached hydrogen (secondary N) is 1. The zero-order valence-corrected chi connectivity index (χ0v) is 34.9. The normalized spacial score (nSPS) is 20.3. The van der Waals surface area contributed by atoms with Crippen molar-refractivity contribution in [2.24, 2.45) is 13.0 Å². The van der Waals surface area contributed by atoms with Crippen molar-refractivity contribution in [3.63, 3.8) is 0 Å². The number of aromatic nitrogens is 5.